The molecule has 1 aliphatic heterocycles. The number of allylic oxidation sites excluding steroid dienone is 1. The van der Waals surface area contributed by atoms with E-state index in [0.717, 1.165) is 29.8 Å². The number of carbonyl (C=O) groups is 2. The number of rotatable bonds is 5. The Labute approximate surface area is 150 Å². The van der Waals surface area contributed by atoms with Crippen LogP contribution in [0, 0.1) is 5.92 Å². The number of hydrogen-bond donors (Lipinski definition) is 1. The standard InChI is InChI=1S/C16H20N2O5S2/c1-11(12-2-3-12)8-14(19)17-4-6-18(7-5-17)25(22,23)15-9-13(10-24-15)16(20)21/h8-10,12H,2-7H2,1H3,(H,20,21)/b11-8-. The van der Waals surface area contributed by atoms with Gasteiger partial charge >= 0.3 is 5.97 Å². The van der Waals surface area contributed by atoms with Gasteiger partial charge in [-0.05, 0) is 31.7 Å². The van der Waals surface area contributed by atoms with E-state index in [-0.39, 0.29) is 28.8 Å². The summed E-state index contributed by atoms with van der Waals surface area (Å²) in [6.45, 7) is 3.07. The predicted octanol–water partition coefficient (Wildman–Crippen LogP) is 1.64. The molecule has 2 fully saturated rings. The van der Waals surface area contributed by atoms with Crippen molar-refractivity contribution in [2.75, 3.05) is 26.2 Å². The molecule has 0 aromatic carbocycles. The van der Waals surface area contributed by atoms with E-state index in [4.69, 9.17) is 5.11 Å². The van der Waals surface area contributed by atoms with Crippen molar-refractivity contribution < 1.29 is 23.1 Å². The van der Waals surface area contributed by atoms with Gasteiger partial charge in [0.1, 0.15) is 4.21 Å². The lowest BCUT2D eigenvalue weighted by molar-refractivity contribution is -0.127. The van der Waals surface area contributed by atoms with E-state index >= 15 is 0 Å². The number of aromatic carboxylic acids is 1. The first-order chi connectivity index (χ1) is 11.8. The number of amides is 1. The highest BCUT2D eigenvalue weighted by molar-refractivity contribution is 7.91. The Morgan fingerprint density at radius 2 is 1.88 bits per heavy atom. The van der Waals surface area contributed by atoms with Gasteiger partial charge < -0.3 is 10.0 Å². The van der Waals surface area contributed by atoms with E-state index in [0.29, 0.717) is 19.0 Å². The van der Waals surface area contributed by atoms with Crippen LogP contribution < -0.4 is 0 Å². The fourth-order valence-corrected chi connectivity index (χ4v) is 5.51. The van der Waals surface area contributed by atoms with Crippen LogP contribution in [0.2, 0.25) is 0 Å². The molecule has 0 atom stereocenters. The third-order valence-corrected chi connectivity index (χ3v) is 7.85. The molecule has 25 heavy (non-hydrogen) atoms. The fourth-order valence-electron chi connectivity index (χ4n) is 2.78. The number of thiophene rings is 1. The van der Waals surface area contributed by atoms with Gasteiger partial charge in [-0.2, -0.15) is 4.31 Å². The highest BCUT2D eigenvalue weighted by Crippen LogP contribution is 2.36. The lowest BCUT2D eigenvalue weighted by atomic mass is 10.2. The first kappa shape index (κ1) is 18.1. The van der Waals surface area contributed by atoms with Gasteiger partial charge in [0.25, 0.3) is 10.0 Å². The molecule has 1 aromatic heterocycles. The van der Waals surface area contributed by atoms with Crippen LogP contribution in [0.15, 0.2) is 27.3 Å². The molecule has 1 N–H and O–H groups in total. The molecule has 7 nitrogen and oxygen atoms in total. The monoisotopic (exact) mass is 384 g/mol. The molecule has 3 rings (SSSR count). The van der Waals surface area contributed by atoms with Crippen LogP contribution >= 0.6 is 11.3 Å². The zero-order valence-electron chi connectivity index (χ0n) is 13.8. The average molecular weight is 384 g/mol. The Morgan fingerprint density at radius 1 is 1.24 bits per heavy atom. The molecule has 1 saturated heterocycles. The van der Waals surface area contributed by atoms with E-state index in [1.54, 1.807) is 11.0 Å². The van der Waals surface area contributed by atoms with Crippen LogP contribution in [0.5, 0.6) is 0 Å². The molecule has 2 aliphatic rings. The zero-order valence-corrected chi connectivity index (χ0v) is 15.5. The van der Waals surface area contributed by atoms with Crippen molar-refractivity contribution in [3.63, 3.8) is 0 Å². The Balaban J connectivity index is 1.63. The molecule has 0 bridgehead atoms. The van der Waals surface area contributed by atoms with Crippen LogP contribution in [0.4, 0.5) is 0 Å². The van der Waals surface area contributed by atoms with Gasteiger partial charge in [0.05, 0.1) is 5.56 Å². The number of carbonyl (C=O) groups excluding carboxylic acids is 1. The summed E-state index contributed by atoms with van der Waals surface area (Å²) < 4.78 is 26.5. The number of hydrogen-bond acceptors (Lipinski definition) is 5. The van der Waals surface area contributed by atoms with Gasteiger partial charge in [-0.3, -0.25) is 4.79 Å². The zero-order chi connectivity index (χ0) is 18.2. The number of sulfonamides is 1. The first-order valence-electron chi connectivity index (χ1n) is 8.08. The van der Waals surface area contributed by atoms with Gasteiger partial charge in [0.15, 0.2) is 0 Å². The summed E-state index contributed by atoms with van der Waals surface area (Å²) in [5.41, 5.74) is 1.07. The van der Waals surface area contributed by atoms with Crippen LogP contribution in [-0.2, 0) is 14.8 Å². The molecule has 0 unspecified atom stereocenters. The number of carboxylic acids is 1. The highest BCUT2D eigenvalue weighted by Gasteiger charge is 2.31. The minimum atomic E-state index is -3.72. The molecular formula is C16H20N2O5S2. The Morgan fingerprint density at radius 3 is 2.40 bits per heavy atom. The molecule has 0 radical (unpaired) electrons. The lowest BCUT2D eigenvalue weighted by Gasteiger charge is -2.33. The Bertz CT molecular complexity index is 815. The van der Waals surface area contributed by atoms with E-state index in [2.05, 4.69) is 0 Å². The van der Waals surface area contributed by atoms with Crippen LogP contribution in [0.25, 0.3) is 0 Å². The summed E-state index contributed by atoms with van der Waals surface area (Å²) in [5, 5.41) is 10.3. The van der Waals surface area contributed by atoms with Crippen LogP contribution in [-0.4, -0.2) is 60.8 Å². The Hall–Kier alpha value is -1.71. The third-order valence-electron chi connectivity index (χ3n) is 4.54. The minimum Gasteiger partial charge on any atom is -0.478 e. The van der Waals surface area contributed by atoms with Gasteiger partial charge in [-0.25, -0.2) is 13.2 Å². The molecular weight excluding hydrogens is 364 g/mol. The summed E-state index contributed by atoms with van der Waals surface area (Å²) in [6, 6.07) is 1.18. The second kappa shape index (κ2) is 6.89. The fraction of sp³-hybridized carbons (Fsp3) is 0.500. The van der Waals surface area contributed by atoms with Crippen molar-refractivity contribution in [1.82, 2.24) is 9.21 Å². The first-order valence-corrected chi connectivity index (χ1v) is 10.4. The van der Waals surface area contributed by atoms with Crippen molar-refractivity contribution in [2.24, 2.45) is 5.92 Å². The summed E-state index contributed by atoms with van der Waals surface area (Å²) in [6.07, 6.45) is 3.95. The average Bonchev–Trinajstić information content (AvgIpc) is 3.30. The normalized spacial score (nSPS) is 19.9. The summed E-state index contributed by atoms with van der Waals surface area (Å²) >= 11 is 0.904. The minimum absolute atomic E-state index is 0.0224. The number of nitrogens with zero attached hydrogens (tertiary/aromatic N) is 2. The second-order valence-electron chi connectivity index (χ2n) is 6.35. The molecule has 1 aliphatic carbocycles. The number of carboxylic acid groups (broad SMARTS) is 1. The molecule has 136 valence electrons. The predicted molar refractivity (Wildman–Crippen MR) is 93.1 cm³/mol. The number of piperazine rings is 1. The van der Waals surface area contributed by atoms with Crippen molar-refractivity contribution in [3.05, 3.63) is 28.7 Å². The van der Waals surface area contributed by atoms with E-state index in [1.165, 1.54) is 15.8 Å². The maximum atomic E-state index is 12.6. The highest BCUT2D eigenvalue weighted by atomic mass is 32.2. The van der Waals surface area contributed by atoms with Crippen molar-refractivity contribution in [3.8, 4) is 0 Å². The van der Waals surface area contributed by atoms with E-state index < -0.39 is 16.0 Å². The van der Waals surface area contributed by atoms with Gasteiger partial charge in [-0.15, -0.1) is 11.3 Å². The van der Waals surface area contributed by atoms with E-state index in [1.807, 2.05) is 6.92 Å². The summed E-state index contributed by atoms with van der Waals surface area (Å²) in [5.74, 6) is -0.676. The largest absolute Gasteiger partial charge is 0.478 e. The molecule has 2 heterocycles. The van der Waals surface area contributed by atoms with E-state index in [9.17, 15) is 18.0 Å². The topological polar surface area (TPSA) is 95.0 Å². The van der Waals surface area contributed by atoms with Gasteiger partial charge in [0.2, 0.25) is 5.91 Å². The maximum absolute atomic E-state index is 12.6. The maximum Gasteiger partial charge on any atom is 0.336 e. The molecule has 9 heteroatoms. The SMILES string of the molecule is C/C(=C/C(=O)N1CCN(S(=O)(=O)c2cc(C(=O)O)cs2)CC1)C1CC1. The molecule has 1 amide bonds. The summed E-state index contributed by atoms with van der Waals surface area (Å²) in [7, 11) is -3.72. The smallest absolute Gasteiger partial charge is 0.336 e. The van der Waals surface area contributed by atoms with Crippen molar-refractivity contribution >= 4 is 33.2 Å². The van der Waals surface area contributed by atoms with Crippen molar-refractivity contribution in [2.45, 2.75) is 24.0 Å². The van der Waals surface area contributed by atoms with Crippen molar-refractivity contribution in [1.29, 1.82) is 0 Å². The molecule has 0 spiro atoms. The third kappa shape index (κ3) is 3.94. The van der Waals surface area contributed by atoms with Crippen LogP contribution in [0.1, 0.15) is 30.1 Å². The van der Waals surface area contributed by atoms with Gasteiger partial charge in [0, 0.05) is 37.6 Å². The van der Waals surface area contributed by atoms with Crippen LogP contribution in [0.3, 0.4) is 0 Å². The quantitative estimate of drug-likeness (QED) is 0.779. The van der Waals surface area contributed by atoms with Gasteiger partial charge in [-0.1, -0.05) is 5.57 Å². The Kier molecular flexibility index (Phi) is 4.99. The summed E-state index contributed by atoms with van der Waals surface area (Å²) in [4.78, 5) is 24.8. The molecule has 1 aromatic rings. The second-order valence-corrected chi connectivity index (χ2v) is 9.43. The molecule has 1 saturated carbocycles. The lowest BCUT2D eigenvalue weighted by Crippen LogP contribution is -2.50.